The van der Waals surface area contributed by atoms with Gasteiger partial charge in [-0.25, -0.2) is 0 Å². The van der Waals surface area contributed by atoms with Gasteiger partial charge in [0.25, 0.3) is 0 Å². The van der Waals surface area contributed by atoms with Gasteiger partial charge in [0, 0.05) is 17.5 Å². The van der Waals surface area contributed by atoms with Crippen molar-refractivity contribution in [2.75, 3.05) is 0 Å². The number of rotatable bonds is 12. The number of fused-ring (bicyclic) bond motifs is 2. The van der Waals surface area contributed by atoms with Gasteiger partial charge in [-0.1, -0.05) is 60.7 Å². The molecule has 0 N–H and O–H groups in total. The SMILES string of the molecule is O=C(CCC(F)(F)C(F)(F)C(F)(F)C(F)(F)C(F)(F)C(F)(F)C(F)(F)C(F)(F)C(F)(F)C(F)(F)F)OC1c2ccccc2C=Cc2ccccc21. The van der Waals surface area contributed by atoms with Gasteiger partial charge in [0.05, 0.1) is 6.42 Å². The van der Waals surface area contributed by atoms with E-state index >= 15 is 0 Å². The highest BCUT2D eigenvalue weighted by Crippen LogP contribution is 2.66. The van der Waals surface area contributed by atoms with Gasteiger partial charge in [-0.3, -0.25) is 4.79 Å². The number of alkyl halides is 21. The standard InChI is InChI=1S/C28H15F21O2/c29-19(30,12-11-17(50)51-18-15-7-3-1-5-13(15)9-10-14-6-2-4-8-16(14)18)20(31,32)21(33,34)22(35,36)23(37,38)24(39,40)25(41,42)26(43,44)27(45,46)28(47,48)49/h1-10,18H,11-12H2. The lowest BCUT2D eigenvalue weighted by Gasteiger charge is -2.44. The van der Waals surface area contributed by atoms with E-state index in [2.05, 4.69) is 0 Å². The lowest BCUT2D eigenvalue weighted by Crippen LogP contribution is -2.76. The van der Waals surface area contributed by atoms with Crippen LogP contribution < -0.4 is 0 Å². The average Bonchev–Trinajstić information content (AvgIpc) is 3.15. The van der Waals surface area contributed by atoms with Crippen molar-refractivity contribution < 1.29 is 102 Å². The van der Waals surface area contributed by atoms with Gasteiger partial charge in [0.1, 0.15) is 0 Å². The largest absolute Gasteiger partial charge is 0.460 e. The molecule has 286 valence electrons. The number of carbonyl (C=O) groups excluding carboxylic acids is 1. The lowest BCUT2D eigenvalue weighted by molar-refractivity contribution is -0.474. The Morgan fingerprint density at radius 3 is 1.14 bits per heavy atom. The molecule has 0 spiro atoms. The number of halogens is 21. The molecular weight excluding hydrogens is 767 g/mol. The van der Waals surface area contributed by atoms with E-state index in [4.69, 9.17) is 4.74 Å². The molecule has 0 atom stereocenters. The fraction of sp³-hybridized carbons (Fsp3) is 0.464. The van der Waals surface area contributed by atoms with Crippen molar-refractivity contribution in [1.82, 2.24) is 0 Å². The van der Waals surface area contributed by atoms with Crippen LogP contribution in [0.25, 0.3) is 12.2 Å². The normalized spacial score (nSPS) is 16.0. The third kappa shape index (κ3) is 6.04. The van der Waals surface area contributed by atoms with Gasteiger partial charge in [0.2, 0.25) is 0 Å². The summed E-state index contributed by atoms with van der Waals surface area (Å²) in [6, 6.07) is 11.2. The first-order chi connectivity index (χ1) is 22.7. The van der Waals surface area contributed by atoms with Gasteiger partial charge in [-0.15, -0.1) is 0 Å². The van der Waals surface area contributed by atoms with Crippen LogP contribution in [-0.4, -0.2) is 65.4 Å². The van der Waals surface area contributed by atoms with E-state index in [0.29, 0.717) is 11.1 Å². The number of hydrogen-bond donors (Lipinski definition) is 0. The summed E-state index contributed by atoms with van der Waals surface area (Å²) in [6.45, 7) is 0. The molecule has 1 aliphatic rings. The molecule has 0 bridgehead atoms. The number of carbonyl (C=O) groups is 1. The first-order valence-electron chi connectivity index (χ1n) is 13.2. The topological polar surface area (TPSA) is 26.3 Å². The highest BCUT2D eigenvalue weighted by Gasteiger charge is 2.97. The molecule has 2 aromatic rings. The van der Waals surface area contributed by atoms with E-state index in [1.807, 2.05) is 0 Å². The average molecular weight is 782 g/mol. The second-order valence-electron chi connectivity index (χ2n) is 10.8. The smallest absolute Gasteiger partial charge is 0.452 e. The molecule has 0 saturated carbocycles. The fourth-order valence-electron chi connectivity index (χ4n) is 4.47. The molecule has 2 aromatic carbocycles. The van der Waals surface area contributed by atoms with Crippen LogP contribution in [0, 0.1) is 0 Å². The van der Waals surface area contributed by atoms with Crippen molar-refractivity contribution in [3.05, 3.63) is 70.8 Å². The van der Waals surface area contributed by atoms with Gasteiger partial charge in [0.15, 0.2) is 6.10 Å². The zero-order valence-corrected chi connectivity index (χ0v) is 24.0. The molecule has 51 heavy (non-hydrogen) atoms. The second-order valence-corrected chi connectivity index (χ2v) is 10.8. The van der Waals surface area contributed by atoms with E-state index in [9.17, 15) is 97.0 Å². The molecular formula is C28H15F21O2. The zero-order chi connectivity index (χ0) is 39.7. The van der Waals surface area contributed by atoms with E-state index in [1.165, 1.54) is 60.7 Å². The third-order valence-corrected chi connectivity index (χ3v) is 7.47. The van der Waals surface area contributed by atoms with Gasteiger partial charge in [-0.05, 0) is 11.1 Å². The Morgan fingerprint density at radius 2 is 0.784 bits per heavy atom. The summed E-state index contributed by atoms with van der Waals surface area (Å²) in [7, 11) is 0. The Hall–Kier alpha value is -3.82. The van der Waals surface area contributed by atoms with E-state index in [0.717, 1.165) is 0 Å². The molecule has 0 aliphatic heterocycles. The van der Waals surface area contributed by atoms with Crippen LogP contribution >= 0.6 is 0 Å². The number of benzene rings is 2. The summed E-state index contributed by atoms with van der Waals surface area (Å²) in [4.78, 5) is 12.4. The van der Waals surface area contributed by atoms with Crippen LogP contribution in [-0.2, 0) is 9.53 Å². The summed E-state index contributed by atoms with van der Waals surface area (Å²) in [5, 5.41) is 0. The quantitative estimate of drug-likeness (QED) is 0.158. The van der Waals surface area contributed by atoms with Gasteiger partial charge < -0.3 is 4.74 Å². The van der Waals surface area contributed by atoms with Crippen LogP contribution in [0.15, 0.2) is 48.5 Å². The maximum Gasteiger partial charge on any atom is 0.460 e. The van der Waals surface area contributed by atoms with E-state index in [1.54, 1.807) is 0 Å². The Morgan fingerprint density at radius 1 is 0.471 bits per heavy atom. The summed E-state index contributed by atoms with van der Waals surface area (Å²) >= 11 is 0. The molecule has 23 heteroatoms. The van der Waals surface area contributed by atoms with Crippen molar-refractivity contribution in [1.29, 1.82) is 0 Å². The summed E-state index contributed by atoms with van der Waals surface area (Å²) in [6.07, 6.45) is -11.9. The van der Waals surface area contributed by atoms with Crippen LogP contribution in [0.4, 0.5) is 92.2 Å². The Balaban J connectivity index is 1.93. The van der Waals surface area contributed by atoms with Crippen LogP contribution in [0.3, 0.4) is 0 Å². The fourth-order valence-corrected chi connectivity index (χ4v) is 4.47. The van der Waals surface area contributed by atoms with Crippen molar-refractivity contribution in [2.24, 2.45) is 0 Å². The molecule has 0 aromatic heterocycles. The van der Waals surface area contributed by atoms with Crippen LogP contribution in [0.1, 0.15) is 41.2 Å². The highest BCUT2D eigenvalue weighted by atomic mass is 19.4. The Labute approximate surface area is 269 Å². The Kier molecular flexibility index (Phi) is 10.1. The minimum atomic E-state index is -9.25. The monoisotopic (exact) mass is 782 g/mol. The Bertz CT molecular complexity index is 1590. The first kappa shape index (κ1) is 41.6. The number of ether oxygens (including phenoxy) is 1. The molecule has 0 unspecified atom stereocenters. The number of esters is 1. The molecule has 0 heterocycles. The minimum Gasteiger partial charge on any atom is -0.452 e. The molecule has 0 fully saturated rings. The van der Waals surface area contributed by atoms with Crippen molar-refractivity contribution >= 4 is 18.1 Å². The number of hydrogen-bond acceptors (Lipinski definition) is 2. The molecule has 2 nitrogen and oxygen atoms in total. The van der Waals surface area contributed by atoms with Crippen molar-refractivity contribution in [2.45, 2.75) is 78.4 Å². The molecule has 0 saturated heterocycles. The highest BCUT2D eigenvalue weighted by molar-refractivity contribution is 5.77. The maximum atomic E-state index is 14.4. The predicted octanol–water partition coefficient (Wildman–Crippen LogP) is 10.9. The van der Waals surface area contributed by atoms with Crippen molar-refractivity contribution in [3.63, 3.8) is 0 Å². The third-order valence-electron chi connectivity index (χ3n) is 7.47. The zero-order valence-electron chi connectivity index (χ0n) is 24.0. The van der Waals surface area contributed by atoms with E-state index < -0.39 is 84.4 Å². The van der Waals surface area contributed by atoms with Crippen LogP contribution in [0.2, 0.25) is 0 Å². The molecule has 0 amide bonds. The minimum absolute atomic E-state index is 0.105. The molecule has 1 aliphatic carbocycles. The second kappa shape index (κ2) is 12.4. The van der Waals surface area contributed by atoms with Crippen molar-refractivity contribution in [3.8, 4) is 0 Å². The van der Waals surface area contributed by atoms with Gasteiger partial charge in [-0.2, -0.15) is 92.2 Å². The lowest BCUT2D eigenvalue weighted by atomic mass is 9.85. The summed E-state index contributed by atoms with van der Waals surface area (Å²) in [5.74, 6) is -79.9. The maximum absolute atomic E-state index is 14.4. The first-order valence-corrected chi connectivity index (χ1v) is 13.2. The predicted molar refractivity (Wildman–Crippen MR) is 130 cm³/mol. The van der Waals surface area contributed by atoms with Crippen LogP contribution in [0.5, 0.6) is 0 Å². The summed E-state index contributed by atoms with van der Waals surface area (Å²) < 4.78 is 291. The molecule has 3 rings (SSSR count). The van der Waals surface area contributed by atoms with Gasteiger partial charge >= 0.3 is 65.4 Å². The molecule has 0 radical (unpaired) electrons. The van der Waals surface area contributed by atoms with E-state index in [-0.39, 0.29) is 11.1 Å². The summed E-state index contributed by atoms with van der Waals surface area (Å²) in [5.41, 5.74) is 0.838.